The van der Waals surface area contributed by atoms with Gasteiger partial charge < -0.3 is 16.6 Å². The fraction of sp³-hybridized carbons (Fsp3) is 0.200. The lowest BCUT2D eigenvalue weighted by atomic mass is 10.1. The number of anilines is 1. The maximum atomic E-state index is 9.40. The van der Waals surface area contributed by atoms with Gasteiger partial charge in [-0.1, -0.05) is 12.2 Å². The van der Waals surface area contributed by atoms with Crippen molar-refractivity contribution >= 4 is 11.8 Å². The predicted octanol–water partition coefficient (Wildman–Crippen LogP) is 1.34. The fourth-order valence-electron chi connectivity index (χ4n) is 1.01. The van der Waals surface area contributed by atoms with Crippen molar-refractivity contribution in [3.8, 4) is 5.75 Å². The van der Waals surface area contributed by atoms with Crippen LogP contribution >= 0.6 is 0 Å². The molecule has 1 rings (SSSR count). The van der Waals surface area contributed by atoms with Gasteiger partial charge in [-0.05, 0) is 31.2 Å². The second kappa shape index (κ2) is 4.52. The summed E-state index contributed by atoms with van der Waals surface area (Å²) in [6, 6.07) is 4.97. The number of aromatic hydroxyl groups is 1. The third-order valence-electron chi connectivity index (χ3n) is 1.68. The van der Waals surface area contributed by atoms with E-state index in [1.807, 2.05) is 12.2 Å². The van der Waals surface area contributed by atoms with E-state index in [-0.39, 0.29) is 5.75 Å². The Hall–Kier alpha value is -1.48. The van der Waals surface area contributed by atoms with E-state index in [0.717, 1.165) is 12.0 Å². The van der Waals surface area contributed by atoms with E-state index in [2.05, 4.69) is 0 Å². The Bertz CT molecular complexity index is 308. The van der Waals surface area contributed by atoms with Gasteiger partial charge >= 0.3 is 0 Å². The van der Waals surface area contributed by atoms with Crippen LogP contribution in [0.15, 0.2) is 24.3 Å². The molecule has 3 nitrogen and oxygen atoms in total. The van der Waals surface area contributed by atoms with E-state index in [9.17, 15) is 5.11 Å². The van der Waals surface area contributed by atoms with E-state index in [1.165, 1.54) is 0 Å². The summed E-state index contributed by atoms with van der Waals surface area (Å²) < 4.78 is 0. The van der Waals surface area contributed by atoms with Crippen LogP contribution in [-0.4, -0.2) is 11.7 Å². The van der Waals surface area contributed by atoms with Crippen LogP contribution in [0.3, 0.4) is 0 Å². The van der Waals surface area contributed by atoms with E-state index in [4.69, 9.17) is 11.5 Å². The minimum atomic E-state index is 0.238. The molecule has 0 heterocycles. The molecule has 0 spiro atoms. The zero-order valence-corrected chi connectivity index (χ0v) is 7.40. The number of phenols is 1. The molecule has 13 heavy (non-hydrogen) atoms. The lowest BCUT2D eigenvalue weighted by Gasteiger charge is -1.99. The van der Waals surface area contributed by atoms with Gasteiger partial charge in [0.25, 0.3) is 0 Å². The first-order valence-corrected chi connectivity index (χ1v) is 4.19. The standard InChI is InChI=1S/C10H14N2O/c11-6-2-1-3-8-7-9(12)4-5-10(8)13/h1,3-5,7,13H,2,6,11-12H2. The molecule has 5 N–H and O–H groups in total. The average Bonchev–Trinajstić information content (AvgIpc) is 2.11. The normalized spacial score (nSPS) is 10.8. The van der Waals surface area contributed by atoms with Crippen LogP contribution in [0.25, 0.3) is 6.08 Å². The van der Waals surface area contributed by atoms with Gasteiger partial charge in [-0.2, -0.15) is 0 Å². The molecule has 1 aromatic rings. The predicted molar refractivity (Wildman–Crippen MR) is 55.2 cm³/mol. The highest BCUT2D eigenvalue weighted by molar-refractivity contribution is 5.61. The number of hydrogen-bond donors (Lipinski definition) is 3. The summed E-state index contributed by atoms with van der Waals surface area (Å²) >= 11 is 0. The third-order valence-corrected chi connectivity index (χ3v) is 1.68. The first-order chi connectivity index (χ1) is 6.24. The summed E-state index contributed by atoms with van der Waals surface area (Å²) in [6.45, 7) is 0.611. The van der Waals surface area contributed by atoms with Gasteiger partial charge in [-0.3, -0.25) is 0 Å². The van der Waals surface area contributed by atoms with Crippen LogP contribution in [-0.2, 0) is 0 Å². The number of phenolic OH excluding ortho intramolecular Hbond substituents is 1. The number of rotatable bonds is 3. The molecule has 0 aliphatic carbocycles. The Balaban J connectivity index is 2.81. The monoisotopic (exact) mass is 178 g/mol. The molecule has 0 unspecified atom stereocenters. The van der Waals surface area contributed by atoms with Crippen LogP contribution < -0.4 is 11.5 Å². The van der Waals surface area contributed by atoms with E-state index in [0.29, 0.717) is 12.2 Å². The molecule has 1 aromatic carbocycles. The quantitative estimate of drug-likeness (QED) is 0.483. The van der Waals surface area contributed by atoms with Crippen molar-refractivity contribution < 1.29 is 5.11 Å². The van der Waals surface area contributed by atoms with Gasteiger partial charge in [-0.25, -0.2) is 0 Å². The Morgan fingerprint density at radius 2 is 2.15 bits per heavy atom. The van der Waals surface area contributed by atoms with Crippen LogP contribution in [0.4, 0.5) is 5.69 Å². The highest BCUT2D eigenvalue weighted by atomic mass is 16.3. The first kappa shape index (κ1) is 9.61. The zero-order chi connectivity index (χ0) is 9.68. The van der Waals surface area contributed by atoms with Crippen LogP contribution in [0.2, 0.25) is 0 Å². The molecular weight excluding hydrogens is 164 g/mol. The van der Waals surface area contributed by atoms with Crippen molar-refractivity contribution in [2.75, 3.05) is 12.3 Å². The molecule has 0 aliphatic rings. The number of nitrogen functional groups attached to an aromatic ring is 1. The van der Waals surface area contributed by atoms with Crippen LogP contribution in [0.1, 0.15) is 12.0 Å². The van der Waals surface area contributed by atoms with Crippen molar-refractivity contribution in [1.29, 1.82) is 0 Å². The largest absolute Gasteiger partial charge is 0.507 e. The summed E-state index contributed by atoms with van der Waals surface area (Å²) in [6.07, 6.45) is 4.53. The van der Waals surface area contributed by atoms with Crippen molar-refractivity contribution in [3.63, 3.8) is 0 Å². The van der Waals surface area contributed by atoms with E-state index < -0.39 is 0 Å². The van der Waals surface area contributed by atoms with E-state index in [1.54, 1.807) is 18.2 Å². The molecule has 0 atom stereocenters. The van der Waals surface area contributed by atoms with E-state index >= 15 is 0 Å². The molecule has 3 heteroatoms. The Morgan fingerprint density at radius 1 is 1.38 bits per heavy atom. The van der Waals surface area contributed by atoms with Gasteiger partial charge in [-0.15, -0.1) is 0 Å². The van der Waals surface area contributed by atoms with Gasteiger partial charge in [0.1, 0.15) is 5.75 Å². The third kappa shape index (κ3) is 2.80. The molecule has 0 saturated heterocycles. The molecular formula is C10H14N2O. The lowest BCUT2D eigenvalue weighted by molar-refractivity contribution is 0.474. The number of hydrogen-bond acceptors (Lipinski definition) is 3. The van der Waals surface area contributed by atoms with Crippen LogP contribution in [0.5, 0.6) is 5.75 Å². The smallest absolute Gasteiger partial charge is 0.122 e. The maximum absolute atomic E-state index is 9.40. The Labute approximate surface area is 77.7 Å². The molecule has 0 aliphatic heterocycles. The fourth-order valence-corrected chi connectivity index (χ4v) is 1.01. The minimum absolute atomic E-state index is 0.238. The van der Waals surface area contributed by atoms with Crippen molar-refractivity contribution in [2.45, 2.75) is 6.42 Å². The van der Waals surface area contributed by atoms with Crippen molar-refractivity contribution in [3.05, 3.63) is 29.8 Å². The zero-order valence-electron chi connectivity index (χ0n) is 7.40. The molecule has 0 aromatic heterocycles. The summed E-state index contributed by atoms with van der Waals surface area (Å²) in [5, 5.41) is 9.40. The Morgan fingerprint density at radius 3 is 2.85 bits per heavy atom. The molecule has 0 fully saturated rings. The van der Waals surface area contributed by atoms with Crippen molar-refractivity contribution in [1.82, 2.24) is 0 Å². The second-order valence-electron chi connectivity index (χ2n) is 2.80. The summed E-state index contributed by atoms with van der Waals surface area (Å²) in [5.41, 5.74) is 12.3. The average molecular weight is 178 g/mol. The second-order valence-corrected chi connectivity index (χ2v) is 2.80. The van der Waals surface area contributed by atoms with Gasteiger partial charge in [0.15, 0.2) is 0 Å². The molecule has 0 amide bonds. The number of benzene rings is 1. The summed E-state index contributed by atoms with van der Waals surface area (Å²) in [4.78, 5) is 0. The molecule has 70 valence electrons. The molecule has 0 radical (unpaired) electrons. The van der Waals surface area contributed by atoms with Crippen LogP contribution in [0, 0.1) is 0 Å². The first-order valence-electron chi connectivity index (χ1n) is 4.19. The molecule has 0 saturated carbocycles. The Kier molecular flexibility index (Phi) is 3.34. The van der Waals surface area contributed by atoms with Gasteiger partial charge in [0, 0.05) is 11.3 Å². The highest BCUT2D eigenvalue weighted by Crippen LogP contribution is 2.20. The topological polar surface area (TPSA) is 72.3 Å². The highest BCUT2D eigenvalue weighted by Gasteiger charge is 1.96. The SMILES string of the molecule is NCCC=Cc1cc(N)ccc1O. The van der Waals surface area contributed by atoms with Crippen molar-refractivity contribution in [2.24, 2.45) is 5.73 Å². The van der Waals surface area contributed by atoms with Gasteiger partial charge in [0.2, 0.25) is 0 Å². The lowest BCUT2D eigenvalue weighted by Crippen LogP contribution is -1.95. The molecule has 0 bridgehead atoms. The summed E-state index contributed by atoms with van der Waals surface area (Å²) in [5.74, 6) is 0.238. The summed E-state index contributed by atoms with van der Waals surface area (Å²) in [7, 11) is 0. The minimum Gasteiger partial charge on any atom is -0.507 e. The van der Waals surface area contributed by atoms with Gasteiger partial charge in [0.05, 0.1) is 0 Å². The maximum Gasteiger partial charge on any atom is 0.122 e. The number of nitrogens with two attached hydrogens (primary N) is 2.